The number of carbonyl (C=O) groups excluding carboxylic acids is 1. The minimum Gasteiger partial charge on any atom is -0.351 e. The SMILES string of the molecule is CC(C)(C)C(=O)NC(CN)C1CCCCC1.Cl. The van der Waals surface area contributed by atoms with E-state index in [0.717, 1.165) is 0 Å². The van der Waals surface area contributed by atoms with E-state index in [1.807, 2.05) is 20.8 Å². The van der Waals surface area contributed by atoms with Gasteiger partial charge in [0.2, 0.25) is 5.91 Å². The standard InChI is InChI=1S/C13H26N2O.ClH/c1-13(2,3)12(16)15-11(9-14)10-7-5-4-6-8-10;/h10-11H,4-9,14H2,1-3H3,(H,15,16);1H. The van der Waals surface area contributed by atoms with Crippen LogP contribution in [0.3, 0.4) is 0 Å². The van der Waals surface area contributed by atoms with Crippen molar-refractivity contribution in [3.05, 3.63) is 0 Å². The third-order valence-electron chi connectivity index (χ3n) is 3.47. The molecule has 0 aromatic heterocycles. The summed E-state index contributed by atoms with van der Waals surface area (Å²) in [4.78, 5) is 11.9. The molecule has 1 saturated carbocycles. The van der Waals surface area contributed by atoms with Crippen molar-refractivity contribution in [2.24, 2.45) is 17.1 Å². The van der Waals surface area contributed by atoms with Crippen LogP contribution in [0.2, 0.25) is 0 Å². The molecule has 1 fully saturated rings. The van der Waals surface area contributed by atoms with E-state index in [1.54, 1.807) is 0 Å². The average Bonchev–Trinajstić information content (AvgIpc) is 2.25. The third kappa shape index (κ3) is 5.26. The molecule has 0 spiro atoms. The second kappa shape index (κ2) is 7.22. The van der Waals surface area contributed by atoms with Gasteiger partial charge in [-0.3, -0.25) is 4.79 Å². The molecule has 3 nitrogen and oxygen atoms in total. The molecule has 0 aliphatic heterocycles. The first kappa shape index (κ1) is 16.7. The highest BCUT2D eigenvalue weighted by molar-refractivity contribution is 5.85. The molecule has 1 rings (SSSR count). The summed E-state index contributed by atoms with van der Waals surface area (Å²) in [6.45, 7) is 6.39. The zero-order chi connectivity index (χ0) is 12.2. The summed E-state index contributed by atoms with van der Waals surface area (Å²) < 4.78 is 0. The molecule has 0 aromatic carbocycles. The van der Waals surface area contributed by atoms with E-state index in [2.05, 4.69) is 5.32 Å². The van der Waals surface area contributed by atoms with Crippen molar-refractivity contribution >= 4 is 18.3 Å². The van der Waals surface area contributed by atoms with Crippen molar-refractivity contribution in [2.45, 2.75) is 58.9 Å². The molecular weight excluding hydrogens is 236 g/mol. The highest BCUT2D eigenvalue weighted by Crippen LogP contribution is 2.26. The van der Waals surface area contributed by atoms with Crippen LogP contribution in [0, 0.1) is 11.3 Å². The number of halogens is 1. The molecule has 0 saturated heterocycles. The first-order valence-corrected chi connectivity index (χ1v) is 6.46. The number of rotatable bonds is 3. The van der Waals surface area contributed by atoms with Gasteiger partial charge in [-0.05, 0) is 18.8 Å². The summed E-state index contributed by atoms with van der Waals surface area (Å²) in [5, 5.41) is 3.11. The zero-order valence-electron chi connectivity index (χ0n) is 11.3. The predicted octanol–water partition coefficient (Wildman–Crippen LogP) is 2.48. The largest absolute Gasteiger partial charge is 0.351 e. The van der Waals surface area contributed by atoms with Crippen LogP contribution in [0.5, 0.6) is 0 Å². The van der Waals surface area contributed by atoms with E-state index in [1.165, 1.54) is 32.1 Å². The van der Waals surface area contributed by atoms with Gasteiger partial charge < -0.3 is 11.1 Å². The maximum Gasteiger partial charge on any atom is 0.225 e. The molecular formula is C13H27ClN2O. The molecule has 17 heavy (non-hydrogen) atoms. The maximum atomic E-state index is 11.9. The molecule has 0 radical (unpaired) electrons. The van der Waals surface area contributed by atoms with Crippen molar-refractivity contribution in [3.8, 4) is 0 Å². The smallest absolute Gasteiger partial charge is 0.225 e. The molecule has 3 N–H and O–H groups in total. The van der Waals surface area contributed by atoms with Gasteiger partial charge in [0.25, 0.3) is 0 Å². The Morgan fingerprint density at radius 1 is 1.29 bits per heavy atom. The first-order valence-electron chi connectivity index (χ1n) is 6.46. The van der Waals surface area contributed by atoms with E-state index >= 15 is 0 Å². The van der Waals surface area contributed by atoms with E-state index < -0.39 is 0 Å². The van der Waals surface area contributed by atoms with Gasteiger partial charge >= 0.3 is 0 Å². The Hall–Kier alpha value is -0.280. The van der Waals surface area contributed by atoms with E-state index in [0.29, 0.717) is 12.5 Å². The predicted molar refractivity (Wildman–Crippen MR) is 74.3 cm³/mol. The Morgan fingerprint density at radius 3 is 2.24 bits per heavy atom. The topological polar surface area (TPSA) is 55.1 Å². The number of hydrogen-bond donors (Lipinski definition) is 2. The lowest BCUT2D eigenvalue weighted by molar-refractivity contribution is -0.129. The molecule has 1 aliphatic carbocycles. The van der Waals surface area contributed by atoms with Crippen molar-refractivity contribution in [1.29, 1.82) is 0 Å². The van der Waals surface area contributed by atoms with Crippen LogP contribution in [0.4, 0.5) is 0 Å². The molecule has 1 unspecified atom stereocenters. The number of nitrogens with one attached hydrogen (secondary N) is 1. The molecule has 1 amide bonds. The lowest BCUT2D eigenvalue weighted by Gasteiger charge is -2.32. The van der Waals surface area contributed by atoms with Gasteiger partial charge in [-0.2, -0.15) is 0 Å². The van der Waals surface area contributed by atoms with Crippen LogP contribution in [0.25, 0.3) is 0 Å². The Bertz CT molecular complexity index is 232. The van der Waals surface area contributed by atoms with E-state index in [4.69, 9.17) is 5.73 Å². The van der Waals surface area contributed by atoms with Crippen LogP contribution in [-0.2, 0) is 4.79 Å². The van der Waals surface area contributed by atoms with Crippen LogP contribution in [-0.4, -0.2) is 18.5 Å². The molecule has 4 heteroatoms. The van der Waals surface area contributed by atoms with Crippen LogP contribution >= 0.6 is 12.4 Å². The van der Waals surface area contributed by atoms with Crippen LogP contribution < -0.4 is 11.1 Å². The third-order valence-corrected chi connectivity index (χ3v) is 3.47. The molecule has 1 aliphatic rings. The van der Waals surface area contributed by atoms with Crippen LogP contribution in [0.1, 0.15) is 52.9 Å². The zero-order valence-corrected chi connectivity index (χ0v) is 12.1. The molecule has 102 valence electrons. The minimum atomic E-state index is -0.317. The number of amides is 1. The normalized spacial score (nSPS) is 19.3. The Morgan fingerprint density at radius 2 is 1.82 bits per heavy atom. The van der Waals surface area contributed by atoms with Crippen molar-refractivity contribution in [3.63, 3.8) is 0 Å². The lowest BCUT2D eigenvalue weighted by Crippen LogP contribution is -2.49. The first-order chi connectivity index (χ1) is 7.45. The number of carbonyl (C=O) groups is 1. The average molecular weight is 263 g/mol. The van der Waals surface area contributed by atoms with Gasteiger partial charge in [0.05, 0.1) is 0 Å². The summed E-state index contributed by atoms with van der Waals surface area (Å²) in [7, 11) is 0. The molecule has 1 atom stereocenters. The Labute approximate surface area is 111 Å². The summed E-state index contributed by atoms with van der Waals surface area (Å²) in [6, 6.07) is 0.173. The maximum absolute atomic E-state index is 11.9. The monoisotopic (exact) mass is 262 g/mol. The van der Waals surface area contributed by atoms with Gasteiger partial charge in [-0.25, -0.2) is 0 Å². The summed E-state index contributed by atoms with van der Waals surface area (Å²) in [5.41, 5.74) is 5.46. The Balaban J connectivity index is 0.00000256. The fourth-order valence-electron chi connectivity index (χ4n) is 2.29. The van der Waals surface area contributed by atoms with Gasteiger partial charge in [0.15, 0.2) is 0 Å². The van der Waals surface area contributed by atoms with Crippen molar-refractivity contribution in [1.82, 2.24) is 5.32 Å². The Kier molecular flexibility index (Phi) is 7.10. The van der Waals surface area contributed by atoms with Crippen LogP contribution in [0.15, 0.2) is 0 Å². The second-order valence-electron chi connectivity index (χ2n) is 5.96. The van der Waals surface area contributed by atoms with Crippen molar-refractivity contribution < 1.29 is 4.79 Å². The van der Waals surface area contributed by atoms with Gasteiger partial charge in [-0.1, -0.05) is 40.0 Å². The molecule has 0 heterocycles. The quantitative estimate of drug-likeness (QED) is 0.821. The minimum absolute atomic E-state index is 0. The lowest BCUT2D eigenvalue weighted by atomic mass is 9.83. The van der Waals surface area contributed by atoms with Gasteiger partial charge in [-0.15, -0.1) is 12.4 Å². The highest BCUT2D eigenvalue weighted by Gasteiger charge is 2.28. The molecule has 0 aromatic rings. The van der Waals surface area contributed by atoms with Crippen molar-refractivity contribution in [2.75, 3.05) is 6.54 Å². The fraction of sp³-hybridized carbons (Fsp3) is 0.923. The molecule has 0 bridgehead atoms. The summed E-state index contributed by atoms with van der Waals surface area (Å²) in [6.07, 6.45) is 6.33. The van der Waals surface area contributed by atoms with Gasteiger partial charge in [0.1, 0.15) is 0 Å². The van der Waals surface area contributed by atoms with E-state index in [9.17, 15) is 4.79 Å². The van der Waals surface area contributed by atoms with E-state index in [-0.39, 0.29) is 29.8 Å². The number of nitrogens with two attached hydrogens (primary N) is 1. The van der Waals surface area contributed by atoms with Gasteiger partial charge in [0, 0.05) is 18.0 Å². The number of hydrogen-bond acceptors (Lipinski definition) is 2. The highest BCUT2D eigenvalue weighted by atomic mass is 35.5. The second-order valence-corrected chi connectivity index (χ2v) is 5.96. The fourth-order valence-corrected chi connectivity index (χ4v) is 2.29. The summed E-state index contributed by atoms with van der Waals surface area (Å²) in [5.74, 6) is 0.707. The summed E-state index contributed by atoms with van der Waals surface area (Å²) >= 11 is 0.